The first-order valence-electron chi connectivity index (χ1n) is 8.79. The number of carbonyl (C=O) groups excluding carboxylic acids is 1. The summed E-state index contributed by atoms with van der Waals surface area (Å²) in [5.41, 5.74) is 0.329. The number of aromatic nitrogens is 3. The zero-order valence-corrected chi connectivity index (χ0v) is 16.1. The monoisotopic (exact) mass is 423 g/mol. The maximum Gasteiger partial charge on any atom is 0.471 e. The van der Waals surface area contributed by atoms with E-state index in [9.17, 15) is 18.0 Å². The fourth-order valence-electron chi connectivity index (χ4n) is 3.01. The van der Waals surface area contributed by atoms with Crippen molar-refractivity contribution in [2.75, 3.05) is 31.1 Å². The molecule has 0 bridgehead atoms. The molecule has 4 rings (SSSR count). The summed E-state index contributed by atoms with van der Waals surface area (Å²) in [7, 11) is 0. The van der Waals surface area contributed by atoms with Crippen LogP contribution in [0.25, 0.3) is 11.4 Å². The SMILES string of the molecule is Cc1ccc(C(=O)N2CCN(c3ccc(-c4noc(C(F)(F)F)n4)cn3)CC2)s1. The van der Waals surface area contributed by atoms with Crippen molar-refractivity contribution < 1.29 is 22.5 Å². The second kappa shape index (κ2) is 7.47. The minimum Gasteiger partial charge on any atom is -0.353 e. The molecule has 1 saturated heterocycles. The van der Waals surface area contributed by atoms with E-state index in [1.165, 1.54) is 17.5 Å². The Kier molecular flexibility index (Phi) is 4.99. The van der Waals surface area contributed by atoms with Crippen LogP contribution in [0.2, 0.25) is 0 Å². The van der Waals surface area contributed by atoms with Crippen LogP contribution >= 0.6 is 11.3 Å². The van der Waals surface area contributed by atoms with E-state index in [-0.39, 0.29) is 11.7 Å². The Labute approximate surface area is 167 Å². The van der Waals surface area contributed by atoms with Crippen molar-refractivity contribution in [3.8, 4) is 11.4 Å². The Morgan fingerprint density at radius 2 is 1.90 bits per heavy atom. The fraction of sp³-hybridized carbons (Fsp3) is 0.333. The first-order chi connectivity index (χ1) is 13.8. The third-order valence-electron chi connectivity index (χ3n) is 4.52. The topological polar surface area (TPSA) is 75.4 Å². The third-order valence-corrected chi connectivity index (χ3v) is 5.51. The number of thiophene rings is 1. The Morgan fingerprint density at radius 1 is 1.14 bits per heavy atom. The number of anilines is 1. The van der Waals surface area contributed by atoms with Crippen molar-refractivity contribution in [3.63, 3.8) is 0 Å². The van der Waals surface area contributed by atoms with Crippen molar-refractivity contribution in [3.05, 3.63) is 46.1 Å². The molecule has 7 nitrogen and oxygen atoms in total. The van der Waals surface area contributed by atoms with Gasteiger partial charge in [0.15, 0.2) is 0 Å². The van der Waals surface area contributed by atoms with Gasteiger partial charge in [-0.2, -0.15) is 18.2 Å². The van der Waals surface area contributed by atoms with E-state index in [0.29, 0.717) is 37.6 Å². The van der Waals surface area contributed by atoms with Crippen molar-refractivity contribution >= 4 is 23.1 Å². The van der Waals surface area contributed by atoms with Gasteiger partial charge in [0.2, 0.25) is 5.82 Å². The van der Waals surface area contributed by atoms with Crippen LogP contribution in [0.5, 0.6) is 0 Å². The molecular formula is C18H16F3N5O2S. The largest absolute Gasteiger partial charge is 0.471 e. The van der Waals surface area contributed by atoms with E-state index < -0.39 is 12.1 Å². The standard InChI is InChI=1S/C18H16F3N5O2S/c1-11-2-4-13(29-11)16(27)26-8-6-25(7-9-26)14-5-3-12(10-22-14)15-23-17(28-24-15)18(19,20)21/h2-5,10H,6-9H2,1H3. The molecule has 0 aliphatic carbocycles. The Morgan fingerprint density at radius 3 is 2.45 bits per heavy atom. The number of hydrogen-bond acceptors (Lipinski definition) is 7. The number of piperazine rings is 1. The van der Waals surface area contributed by atoms with Crippen LogP contribution in [-0.4, -0.2) is 52.1 Å². The molecule has 11 heteroatoms. The van der Waals surface area contributed by atoms with Gasteiger partial charge >= 0.3 is 12.1 Å². The van der Waals surface area contributed by atoms with Gasteiger partial charge in [-0.1, -0.05) is 5.16 Å². The number of alkyl halides is 3. The number of hydrogen-bond donors (Lipinski definition) is 0. The summed E-state index contributed by atoms with van der Waals surface area (Å²) in [5.74, 6) is -0.854. The minimum absolute atomic E-state index is 0.0311. The highest BCUT2D eigenvalue weighted by molar-refractivity contribution is 7.13. The third kappa shape index (κ3) is 4.09. The second-order valence-corrected chi connectivity index (χ2v) is 7.80. The molecule has 0 atom stereocenters. The summed E-state index contributed by atoms with van der Waals surface area (Å²) in [6.07, 6.45) is -3.27. The van der Waals surface area contributed by atoms with Crippen molar-refractivity contribution in [2.45, 2.75) is 13.1 Å². The van der Waals surface area contributed by atoms with E-state index >= 15 is 0 Å². The van der Waals surface area contributed by atoms with Crippen molar-refractivity contribution in [2.24, 2.45) is 0 Å². The summed E-state index contributed by atoms with van der Waals surface area (Å²) in [4.78, 5) is 25.8. The molecule has 1 aliphatic rings. The smallest absolute Gasteiger partial charge is 0.353 e. The van der Waals surface area contributed by atoms with E-state index in [1.54, 1.807) is 12.1 Å². The van der Waals surface area contributed by atoms with Gasteiger partial charge in [-0.15, -0.1) is 11.3 Å². The molecule has 29 heavy (non-hydrogen) atoms. The molecule has 0 radical (unpaired) electrons. The number of amides is 1. The Hall–Kier alpha value is -2.95. The Balaban J connectivity index is 1.39. The molecule has 0 N–H and O–H groups in total. The molecule has 3 aromatic rings. The molecule has 0 unspecified atom stereocenters. The van der Waals surface area contributed by atoms with Gasteiger partial charge in [-0.25, -0.2) is 4.98 Å². The normalized spacial score (nSPS) is 15.0. The van der Waals surface area contributed by atoms with E-state index in [2.05, 4.69) is 19.6 Å². The van der Waals surface area contributed by atoms with Crippen LogP contribution in [0.1, 0.15) is 20.4 Å². The number of halogens is 3. The molecule has 152 valence electrons. The maximum absolute atomic E-state index is 12.6. The van der Waals surface area contributed by atoms with Gasteiger partial charge in [-0.05, 0) is 31.2 Å². The summed E-state index contributed by atoms with van der Waals surface area (Å²) < 4.78 is 42.0. The summed E-state index contributed by atoms with van der Waals surface area (Å²) in [6, 6.07) is 7.07. The van der Waals surface area contributed by atoms with Crippen LogP contribution in [0.4, 0.5) is 19.0 Å². The van der Waals surface area contributed by atoms with Crippen molar-refractivity contribution in [1.29, 1.82) is 0 Å². The first kappa shape index (κ1) is 19.4. The number of nitrogens with zero attached hydrogens (tertiary/aromatic N) is 5. The second-order valence-electron chi connectivity index (χ2n) is 6.52. The van der Waals surface area contributed by atoms with E-state index in [4.69, 9.17) is 0 Å². The van der Waals surface area contributed by atoms with Gasteiger partial charge in [-0.3, -0.25) is 4.79 Å². The van der Waals surface area contributed by atoms with Crippen molar-refractivity contribution in [1.82, 2.24) is 20.0 Å². The highest BCUT2D eigenvalue weighted by Gasteiger charge is 2.38. The van der Waals surface area contributed by atoms with Gasteiger partial charge < -0.3 is 14.3 Å². The Bertz CT molecular complexity index is 1010. The zero-order chi connectivity index (χ0) is 20.6. The molecule has 1 aliphatic heterocycles. The molecule has 3 aromatic heterocycles. The number of carbonyl (C=O) groups is 1. The lowest BCUT2D eigenvalue weighted by Crippen LogP contribution is -2.48. The quantitative estimate of drug-likeness (QED) is 0.642. The van der Waals surface area contributed by atoms with Gasteiger partial charge in [0, 0.05) is 42.8 Å². The average Bonchev–Trinajstić information content (AvgIpc) is 3.37. The lowest BCUT2D eigenvalue weighted by Gasteiger charge is -2.35. The lowest BCUT2D eigenvalue weighted by molar-refractivity contribution is -0.159. The van der Waals surface area contributed by atoms with Gasteiger partial charge in [0.25, 0.3) is 5.91 Å². The predicted octanol–water partition coefficient (Wildman–Crippen LogP) is 3.48. The molecule has 1 fully saturated rings. The maximum atomic E-state index is 12.6. The van der Waals surface area contributed by atoms with Crippen LogP contribution in [0.15, 0.2) is 35.0 Å². The number of aryl methyl sites for hydroxylation is 1. The molecular weight excluding hydrogens is 407 g/mol. The zero-order valence-electron chi connectivity index (χ0n) is 15.3. The van der Waals surface area contributed by atoms with Crippen LogP contribution < -0.4 is 4.90 Å². The lowest BCUT2D eigenvalue weighted by atomic mass is 10.2. The first-order valence-corrected chi connectivity index (χ1v) is 9.61. The van der Waals surface area contributed by atoms with Gasteiger partial charge in [0.05, 0.1) is 4.88 Å². The minimum atomic E-state index is -4.68. The molecule has 0 spiro atoms. The molecule has 0 saturated carbocycles. The highest BCUT2D eigenvalue weighted by atomic mass is 32.1. The average molecular weight is 423 g/mol. The fourth-order valence-corrected chi connectivity index (χ4v) is 3.84. The highest BCUT2D eigenvalue weighted by Crippen LogP contribution is 2.29. The van der Waals surface area contributed by atoms with Gasteiger partial charge in [0.1, 0.15) is 5.82 Å². The summed E-state index contributed by atoms with van der Waals surface area (Å²) >= 11 is 1.48. The van der Waals surface area contributed by atoms with E-state index in [1.807, 2.05) is 28.9 Å². The summed E-state index contributed by atoms with van der Waals surface area (Å²) in [6.45, 7) is 4.33. The number of rotatable bonds is 3. The molecule has 1 amide bonds. The number of pyridine rings is 1. The summed E-state index contributed by atoms with van der Waals surface area (Å²) in [5, 5.41) is 3.35. The molecule has 4 heterocycles. The molecule has 0 aromatic carbocycles. The van der Waals surface area contributed by atoms with E-state index in [0.717, 1.165) is 9.75 Å². The van der Waals surface area contributed by atoms with Crippen LogP contribution in [0.3, 0.4) is 0 Å². The predicted molar refractivity (Wildman–Crippen MR) is 99.7 cm³/mol. The van der Waals surface area contributed by atoms with Crippen LogP contribution in [0, 0.1) is 6.92 Å². The van der Waals surface area contributed by atoms with Crippen LogP contribution in [-0.2, 0) is 6.18 Å².